The second-order valence-corrected chi connectivity index (χ2v) is 5.54. The largest absolute Gasteiger partial charge is 0.357 e. The third-order valence-electron chi connectivity index (χ3n) is 3.61. The van der Waals surface area contributed by atoms with E-state index in [4.69, 9.17) is 4.99 Å². The van der Waals surface area contributed by atoms with Crippen molar-refractivity contribution in [1.29, 1.82) is 0 Å². The van der Waals surface area contributed by atoms with Gasteiger partial charge in [0.05, 0.1) is 6.54 Å². The summed E-state index contributed by atoms with van der Waals surface area (Å²) in [6.07, 6.45) is 3.85. The molecule has 0 spiro atoms. The SMILES string of the molecule is CCNC(=NCC(C1CC1)N(C)C)NC(C)CC. The van der Waals surface area contributed by atoms with E-state index in [1.165, 1.54) is 12.8 Å². The van der Waals surface area contributed by atoms with Gasteiger partial charge < -0.3 is 15.5 Å². The van der Waals surface area contributed by atoms with Crippen LogP contribution < -0.4 is 10.6 Å². The Hall–Kier alpha value is -0.770. The molecule has 106 valence electrons. The number of likely N-dealkylation sites (N-methyl/N-ethyl adjacent to an activating group) is 1. The zero-order valence-electron chi connectivity index (χ0n) is 12.7. The van der Waals surface area contributed by atoms with Crippen LogP contribution in [-0.2, 0) is 0 Å². The van der Waals surface area contributed by atoms with Crippen LogP contribution in [-0.4, -0.2) is 50.1 Å². The fraction of sp³-hybridized carbons (Fsp3) is 0.929. The third kappa shape index (κ3) is 5.25. The first-order valence-corrected chi connectivity index (χ1v) is 7.29. The molecule has 0 saturated heterocycles. The van der Waals surface area contributed by atoms with Crippen molar-refractivity contribution in [3.05, 3.63) is 0 Å². The van der Waals surface area contributed by atoms with Gasteiger partial charge in [0.1, 0.15) is 0 Å². The molecule has 4 nitrogen and oxygen atoms in total. The van der Waals surface area contributed by atoms with Crippen molar-refractivity contribution in [2.45, 2.75) is 52.1 Å². The summed E-state index contributed by atoms with van der Waals surface area (Å²) in [6, 6.07) is 1.07. The second kappa shape index (κ2) is 7.62. The maximum absolute atomic E-state index is 4.74. The van der Waals surface area contributed by atoms with E-state index < -0.39 is 0 Å². The molecule has 1 fully saturated rings. The van der Waals surface area contributed by atoms with Crippen LogP contribution in [0.25, 0.3) is 0 Å². The van der Waals surface area contributed by atoms with E-state index >= 15 is 0 Å². The van der Waals surface area contributed by atoms with E-state index in [1.807, 2.05) is 0 Å². The molecule has 1 rings (SSSR count). The van der Waals surface area contributed by atoms with E-state index in [0.717, 1.165) is 31.4 Å². The Kier molecular flexibility index (Phi) is 6.47. The minimum absolute atomic E-state index is 0.474. The summed E-state index contributed by atoms with van der Waals surface area (Å²) in [6.45, 7) is 8.30. The van der Waals surface area contributed by atoms with Crippen LogP contribution in [0.3, 0.4) is 0 Å². The summed E-state index contributed by atoms with van der Waals surface area (Å²) in [7, 11) is 4.32. The zero-order chi connectivity index (χ0) is 13.5. The molecule has 2 unspecified atom stereocenters. The van der Waals surface area contributed by atoms with Crippen LogP contribution >= 0.6 is 0 Å². The highest BCUT2D eigenvalue weighted by Gasteiger charge is 2.32. The monoisotopic (exact) mass is 254 g/mol. The van der Waals surface area contributed by atoms with Gasteiger partial charge in [0, 0.05) is 18.6 Å². The van der Waals surface area contributed by atoms with Crippen molar-refractivity contribution in [3.8, 4) is 0 Å². The summed E-state index contributed by atoms with van der Waals surface area (Å²) < 4.78 is 0. The lowest BCUT2D eigenvalue weighted by atomic mass is 10.2. The minimum atomic E-state index is 0.474. The summed E-state index contributed by atoms with van der Waals surface area (Å²) in [5, 5.41) is 6.76. The molecule has 0 bridgehead atoms. The third-order valence-corrected chi connectivity index (χ3v) is 3.61. The maximum Gasteiger partial charge on any atom is 0.191 e. The van der Waals surface area contributed by atoms with Crippen LogP contribution in [0.15, 0.2) is 4.99 Å². The van der Waals surface area contributed by atoms with E-state index in [0.29, 0.717) is 12.1 Å². The molecule has 2 atom stereocenters. The second-order valence-electron chi connectivity index (χ2n) is 5.54. The van der Waals surface area contributed by atoms with Crippen LogP contribution in [0.4, 0.5) is 0 Å². The van der Waals surface area contributed by atoms with Crippen molar-refractivity contribution >= 4 is 5.96 Å². The summed E-state index contributed by atoms with van der Waals surface area (Å²) in [5.41, 5.74) is 0. The predicted octanol–water partition coefficient (Wildman–Crippen LogP) is 1.68. The predicted molar refractivity (Wildman–Crippen MR) is 79.1 cm³/mol. The lowest BCUT2D eigenvalue weighted by Crippen LogP contribution is -2.43. The molecule has 0 amide bonds. The number of hydrogen-bond donors (Lipinski definition) is 2. The lowest BCUT2D eigenvalue weighted by molar-refractivity contribution is 0.271. The molecule has 1 aliphatic carbocycles. The molecule has 1 aliphatic rings. The Morgan fingerprint density at radius 1 is 1.33 bits per heavy atom. The molecule has 0 heterocycles. The molecule has 4 heteroatoms. The number of rotatable bonds is 7. The Morgan fingerprint density at radius 3 is 2.44 bits per heavy atom. The van der Waals surface area contributed by atoms with Crippen LogP contribution in [0.1, 0.15) is 40.0 Å². The number of aliphatic imine (C=N–C) groups is 1. The first kappa shape index (κ1) is 15.3. The van der Waals surface area contributed by atoms with Crippen molar-refractivity contribution < 1.29 is 0 Å². The number of nitrogens with one attached hydrogen (secondary N) is 2. The van der Waals surface area contributed by atoms with Gasteiger partial charge in [0.15, 0.2) is 5.96 Å². The van der Waals surface area contributed by atoms with Gasteiger partial charge in [-0.1, -0.05) is 6.92 Å². The van der Waals surface area contributed by atoms with Crippen molar-refractivity contribution in [2.75, 3.05) is 27.2 Å². The quantitative estimate of drug-likeness (QED) is 0.536. The molecule has 2 N–H and O–H groups in total. The molecule has 0 radical (unpaired) electrons. The van der Waals surface area contributed by atoms with Gasteiger partial charge >= 0.3 is 0 Å². The summed E-state index contributed by atoms with van der Waals surface area (Å²) >= 11 is 0. The Morgan fingerprint density at radius 2 is 2.00 bits per heavy atom. The van der Waals surface area contributed by atoms with E-state index in [9.17, 15) is 0 Å². The highest BCUT2D eigenvalue weighted by Crippen LogP contribution is 2.34. The van der Waals surface area contributed by atoms with E-state index in [-0.39, 0.29) is 0 Å². The average Bonchev–Trinajstić information content (AvgIpc) is 3.13. The van der Waals surface area contributed by atoms with Gasteiger partial charge in [-0.3, -0.25) is 4.99 Å². The molecular weight excluding hydrogens is 224 g/mol. The smallest absolute Gasteiger partial charge is 0.191 e. The Labute approximate surface area is 112 Å². The van der Waals surface area contributed by atoms with Crippen LogP contribution in [0.2, 0.25) is 0 Å². The fourth-order valence-corrected chi connectivity index (χ4v) is 2.06. The summed E-state index contributed by atoms with van der Waals surface area (Å²) in [4.78, 5) is 7.05. The fourth-order valence-electron chi connectivity index (χ4n) is 2.06. The average molecular weight is 254 g/mol. The highest BCUT2D eigenvalue weighted by molar-refractivity contribution is 5.80. The number of hydrogen-bond acceptors (Lipinski definition) is 2. The van der Waals surface area contributed by atoms with Crippen molar-refractivity contribution in [2.24, 2.45) is 10.9 Å². The molecule has 18 heavy (non-hydrogen) atoms. The van der Waals surface area contributed by atoms with E-state index in [1.54, 1.807) is 0 Å². The molecule has 0 aromatic heterocycles. The van der Waals surface area contributed by atoms with Gasteiger partial charge in [-0.2, -0.15) is 0 Å². The number of guanidine groups is 1. The zero-order valence-corrected chi connectivity index (χ0v) is 12.7. The topological polar surface area (TPSA) is 39.7 Å². The first-order valence-electron chi connectivity index (χ1n) is 7.29. The molecule has 0 aromatic rings. The summed E-state index contributed by atoms with van der Waals surface area (Å²) in [5.74, 6) is 1.81. The van der Waals surface area contributed by atoms with Gasteiger partial charge in [-0.15, -0.1) is 0 Å². The number of nitrogens with zero attached hydrogens (tertiary/aromatic N) is 2. The van der Waals surface area contributed by atoms with Gasteiger partial charge in [0.25, 0.3) is 0 Å². The normalized spacial score (nSPS) is 19.8. The van der Waals surface area contributed by atoms with Gasteiger partial charge in [-0.05, 0) is 53.1 Å². The highest BCUT2D eigenvalue weighted by atomic mass is 15.2. The Bertz CT molecular complexity index is 257. The van der Waals surface area contributed by atoms with Crippen molar-refractivity contribution in [3.63, 3.8) is 0 Å². The minimum Gasteiger partial charge on any atom is -0.357 e. The standard InChI is InChI=1S/C14H30N4/c1-6-11(3)17-14(15-7-2)16-10-13(18(4)5)12-8-9-12/h11-13H,6-10H2,1-5H3,(H2,15,16,17). The lowest BCUT2D eigenvalue weighted by Gasteiger charge is -2.23. The molecule has 1 saturated carbocycles. The van der Waals surface area contributed by atoms with Crippen LogP contribution in [0.5, 0.6) is 0 Å². The van der Waals surface area contributed by atoms with E-state index in [2.05, 4.69) is 50.4 Å². The molecule has 0 aromatic carbocycles. The molecule has 0 aliphatic heterocycles. The first-order chi connectivity index (χ1) is 8.58. The van der Waals surface area contributed by atoms with Crippen LogP contribution in [0, 0.1) is 5.92 Å². The van der Waals surface area contributed by atoms with Crippen molar-refractivity contribution in [1.82, 2.24) is 15.5 Å². The van der Waals surface area contributed by atoms with Gasteiger partial charge in [0.2, 0.25) is 0 Å². The maximum atomic E-state index is 4.74. The Balaban J connectivity index is 2.51. The van der Waals surface area contributed by atoms with Gasteiger partial charge in [-0.25, -0.2) is 0 Å². The molecular formula is C14H30N4.